The van der Waals surface area contributed by atoms with E-state index in [9.17, 15) is 9.59 Å². The third-order valence-electron chi connectivity index (χ3n) is 4.58. The zero-order valence-electron chi connectivity index (χ0n) is 17.3. The molecule has 28 heavy (non-hydrogen) atoms. The van der Waals surface area contributed by atoms with E-state index in [0.29, 0.717) is 17.7 Å². The molecule has 0 aliphatic rings. The van der Waals surface area contributed by atoms with Gasteiger partial charge in [0.1, 0.15) is 0 Å². The number of carbonyl (C=O) groups excluding carboxylic acids is 2. The number of amides is 2. The second kappa shape index (κ2) is 14.8. The first-order valence-corrected chi connectivity index (χ1v) is 10.3. The molecule has 0 unspecified atom stereocenters. The molecule has 0 saturated heterocycles. The van der Waals surface area contributed by atoms with Crippen molar-refractivity contribution in [2.24, 2.45) is 0 Å². The third-order valence-corrected chi connectivity index (χ3v) is 4.58. The Bertz CT molecular complexity index is 620. The van der Waals surface area contributed by atoms with E-state index >= 15 is 0 Å². The van der Waals surface area contributed by atoms with Crippen LogP contribution in [0.25, 0.3) is 0 Å². The number of benzene rings is 1. The van der Waals surface area contributed by atoms with Gasteiger partial charge in [0, 0.05) is 17.7 Å². The summed E-state index contributed by atoms with van der Waals surface area (Å²) in [6, 6.07) is 6.01. The number of carbonyl (C=O) groups is 2. The van der Waals surface area contributed by atoms with Crippen molar-refractivity contribution in [1.29, 1.82) is 0 Å². The van der Waals surface area contributed by atoms with Gasteiger partial charge in [-0.25, -0.2) is 0 Å². The van der Waals surface area contributed by atoms with Crippen molar-refractivity contribution < 1.29 is 14.3 Å². The van der Waals surface area contributed by atoms with Crippen LogP contribution in [-0.2, 0) is 9.53 Å². The molecule has 0 aromatic heterocycles. The first-order chi connectivity index (χ1) is 13.6. The molecular weight excluding hydrogens is 352 g/mol. The molecule has 0 bridgehead atoms. The minimum Gasteiger partial charge on any atom is -0.366 e. The number of unbranched alkanes of at least 4 members (excludes halogenated alkanes) is 7. The summed E-state index contributed by atoms with van der Waals surface area (Å²) < 4.78 is 5.52. The number of nitrogens with one attached hydrogen (secondary N) is 2. The Morgan fingerprint density at radius 1 is 1.04 bits per heavy atom. The standard InChI is InChI=1S/C23H34N2O3/c1-4-6-7-8-9-10-11-12-17-28-18-24-19(3)22(26)25-23(27)21-15-13-20(5-2)14-16-21/h2,13-16,19,24H,4,6-12,17-18H2,1,3H3,(H,25,26,27)/t19-/m0/s1. The van der Waals surface area contributed by atoms with E-state index in [2.05, 4.69) is 23.5 Å². The minimum absolute atomic E-state index is 0.288. The molecule has 5 nitrogen and oxygen atoms in total. The highest BCUT2D eigenvalue weighted by atomic mass is 16.5. The summed E-state index contributed by atoms with van der Waals surface area (Å²) in [5.41, 5.74) is 1.08. The molecule has 0 fully saturated rings. The topological polar surface area (TPSA) is 67.4 Å². The quantitative estimate of drug-likeness (QED) is 0.288. The van der Waals surface area contributed by atoms with Crippen LogP contribution in [0.5, 0.6) is 0 Å². The Kier molecular flexibility index (Phi) is 12.7. The Hall–Kier alpha value is -2.16. The van der Waals surface area contributed by atoms with Crippen molar-refractivity contribution in [3.05, 3.63) is 35.4 Å². The van der Waals surface area contributed by atoms with E-state index in [0.717, 1.165) is 6.42 Å². The van der Waals surface area contributed by atoms with Crippen LogP contribution in [0.1, 0.15) is 81.1 Å². The predicted molar refractivity (Wildman–Crippen MR) is 113 cm³/mol. The molecule has 1 aromatic carbocycles. The molecule has 0 radical (unpaired) electrons. The average Bonchev–Trinajstić information content (AvgIpc) is 2.71. The monoisotopic (exact) mass is 386 g/mol. The summed E-state index contributed by atoms with van der Waals surface area (Å²) in [6.45, 7) is 4.89. The Balaban J connectivity index is 2.09. The highest BCUT2D eigenvalue weighted by Gasteiger charge is 2.16. The lowest BCUT2D eigenvalue weighted by Gasteiger charge is -2.13. The molecule has 2 amide bonds. The number of imide groups is 1. The van der Waals surface area contributed by atoms with Crippen LogP contribution in [0.2, 0.25) is 0 Å². The molecular formula is C23H34N2O3. The average molecular weight is 387 g/mol. The van der Waals surface area contributed by atoms with Crippen LogP contribution in [-0.4, -0.2) is 31.2 Å². The highest BCUT2D eigenvalue weighted by Crippen LogP contribution is 2.08. The van der Waals surface area contributed by atoms with Gasteiger partial charge in [0.2, 0.25) is 5.91 Å². The molecule has 0 heterocycles. The van der Waals surface area contributed by atoms with Gasteiger partial charge in [-0.15, -0.1) is 6.42 Å². The van der Waals surface area contributed by atoms with Crippen molar-refractivity contribution in [3.63, 3.8) is 0 Å². The minimum atomic E-state index is -0.521. The van der Waals surface area contributed by atoms with Crippen molar-refractivity contribution in [2.45, 2.75) is 71.3 Å². The molecule has 154 valence electrons. The lowest BCUT2D eigenvalue weighted by Crippen LogP contribution is -2.45. The maximum absolute atomic E-state index is 12.1. The van der Waals surface area contributed by atoms with Gasteiger partial charge in [-0.3, -0.25) is 20.2 Å². The summed E-state index contributed by atoms with van der Waals surface area (Å²) in [6.07, 6.45) is 15.3. The SMILES string of the molecule is C#Cc1ccc(C(=O)NC(=O)[C@H](C)NCOCCCCCCCCCC)cc1. The summed E-state index contributed by atoms with van der Waals surface area (Å²) in [5, 5.41) is 5.35. The van der Waals surface area contributed by atoms with Crippen molar-refractivity contribution in [1.82, 2.24) is 10.6 Å². The number of ether oxygens (including phenoxy) is 1. The lowest BCUT2D eigenvalue weighted by atomic mass is 10.1. The fraction of sp³-hybridized carbons (Fsp3) is 0.565. The molecule has 2 N–H and O–H groups in total. The molecule has 1 rings (SSSR count). The summed E-state index contributed by atoms with van der Waals surface area (Å²) in [4.78, 5) is 24.2. The Labute approximate surface area is 169 Å². The molecule has 0 aliphatic heterocycles. The maximum Gasteiger partial charge on any atom is 0.257 e. The van der Waals surface area contributed by atoms with E-state index < -0.39 is 11.9 Å². The van der Waals surface area contributed by atoms with Gasteiger partial charge in [-0.05, 0) is 37.6 Å². The summed E-state index contributed by atoms with van der Waals surface area (Å²) >= 11 is 0. The summed E-state index contributed by atoms with van der Waals surface area (Å²) in [5.74, 6) is 1.65. The number of terminal acetylenes is 1. The van der Waals surface area contributed by atoms with Crippen molar-refractivity contribution in [3.8, 4) is 12.3 Å². The fourth-order valence-corrected chi connectivity index (χ4v) is 2.70. The number of rotatable bonds is 14. The van der Waals surface area contributed by atoms with E-state index in [4.69, 9.17) is 11.2 Å². The predicted octanol–water partition coefficient (Wildman–Crippen LogP) is 4.02. The van der Waals surface area contributed by atoms with Crippen LogP contribution in [0.4, 0.5) is 0 Å². The fourth-order valence-electron chi connectivity index (χ4n) is 2.70. The zero-order chi connectivity index (χ0) is 20.6. The van der Waals surface area contributed by atoms with E-state index in [1.165, 1.54) is 44.9 Å². The highest BCUT2D eigenvalue weighted by molar-refractivity contribution is 6.06. The molecule has 1 atom stereocenters. The van der Waals surface area contributed by atoms with Crippen LogP contribution in [0, 0.1) is 12.3 Å². The van der Waals surface area contributed by atoms with Gasteiger partial charge in [-0.2, -0.15) is 0 Å². The van der Waals surface area contributed by atoms with Gasteiger partial charge >= 0.3 is 0 Å². The third kappa shape index (κ3) is 10.2. The van der Waals surface area contributed by atoms with Crippen molar-refractivity contribution in [2.75, 3.05) is 13.3 Å². The lowest BCUT2D eigenvalue weighted by molar-refractivity contribution is -0.122. The van der Waals surface area contributed by atoms with E-state index in [-0.39, 0.29) is 12.6 Å². The van der Waals surface area contributed by atoms with Gasteiger partial charge in [-0.1, -0.05) is 57.8 Å². The van der Waals surface area contributed by atoms with Crippen LogP contribution >= 0.6 is 0 Å². The van der Waals surface area contributed by atoms with E-state index in [1.54, 1.807) is 31.2 Å². The molecule has 0 aliphatic carbocycles. The van der Waals surface area contributed by atoms with Gasteiger partial charge < -0.3 is 4.74 Å². The Morgan fingerprint density at radius 2 is 1.64 bits per heavy atom. The van der Waals surface area contributed by atoms with Gasteiger partial charge in [0.15, 0.2) is 0 Å². The molecule has 1 aromatic rings. The zero-order valence-corrected chi connectivity index (χ0v) is 17.3. The largest absolute Gasteiger partial charge is 0.366 e. The maximum atomic E-state index is 12.1. The van der Waals surface area contributed by atoms with E-state index in [1.807, 2.05) is 0 Å². The Morgan fingerprint density at radius 3 is 2.25 bits per heavy atom. The first-order valence-electron chi connectivity index (χ1n) is 10.3. The second-order valence-electron chi connectivity index (χ2n) is 6.99. The normalized spacial score (nSPS) is 11.6. The van der Waals surface area contributed by atoms with Crippen molar-refractivity contribution >= 4 is 11.8 Å². The second-order valence-corrected chi connectivity index (χ2v) is 6.99. The van der Waals surface area contributed by atoms with Crippen LogP contribution in [0.3, 0.4) is 0 Å². The van der Waals surface area contributed by atoms with Gasteiger partial charge in [0.05, 0.1) is 12.8 Å². The smallest absolute Gasteiger partial charge is 0.257 e. The summed E-state index contributed by atoms with van der Waals surface area (Å²) in [7, 11) is 0. The van der Waals surface area contributed by atoms with Crippen LogP contribution in [0.15, 0.2) is 24.3 Å². The molecule has 0 spiro atoms. The van der Waals surface area contributed by atoms with Gasteiger partial charge in [0.25, 0.3) is 5.91 Å². The molecule has 0 saturated carbocycles. The first kappa shape index (κ1) is 23.9. The number of hydrogen-bond donors (Lipinski definition) is 2. The van der Waals surface area contributed by atoms with Crippen LogP contribution < -0.4 is 10.6 Å². The number of hydrogen-bond acceptors (Lipinski definition) is 4. The molecule has 5 heteroatoms.